The Labute approximate surface area is 102 Å². The largest absolute Gasteiger partial charge is 0.496 e. The van der Waals surface area contributed by atoms with Gasteiger partial charge in [0.25, 0.3) is 5.91 Å². The zero-order valence-corrected chi connectivity index (χ0v) is 10.5. The molecule has 0 radical (unpaired) electrons. The summed E-state index contributed by atoms with van der Waals surface area (Å²) in [4.78, 5) is 13.9. The van der Waals surface area contributed by atoms with Crippen molar-refractivity contribution in [1.29, 1.82) is 0 Å². The zero-order chi connectivity index (χ0) is 12.8. The third-order valence-corrected chi connectivity index (χ3v) is 2.31. The van der Waals surface area contributed by atoms with Gasteiger partial charge in [-0.25, -0.2) is 0 Å². The maximum atomic E-state index is 11.9. The van der Waals surface area contributed by atoms with Gasteiger partial charge in [0.15, 0.2) is 0 Å². The van der Waals surface area contributed by atoms with Crippen molar-refractivity contribution in [3.8, 4) is 5.75 Å². The predicted octanol–water partition coefficient (Wildman–Crippen LogP) is 0.569. The fourth-order valence-corrected chi connectivity index (χ4v) is 1.38. The van der Waals surface area contributed by atoms with Crippen LogP contribution in [0.4, 0.5) is 5.69 Å². The van der Waals surface area contributed by atoms with Crippen molar-refractivity contribution in [3.63, 3.8) is 0 Å². The molecule has 5 heteroatoms. The summed E-state index contributed by atoms with van der Waals surface area (Å²) in [6, 6.07) is 4.99. The molecule has 17 heavy (non-hydrogen) atoms. The second-order valence-corrected chi connectivity index (χ2v) is 4.02. The molecule has 0 aromatic heterocycles. The molecule has 0 aliphatic carbocycles. The lowest BCUT2D eigenvalue weighted by molar-refractivity contribution is 0.0948. The van der Waals surface area contributed by atoms with Crippen LogP contribution in [0.5, 0.6) is 5.75 Å². The van der Waals surface area contributed by atoms with E-state index in [0.717, 1.165) is 6.54 Å². The first-order chi connectivity index (χ1) is 8.04. The summed E-state index contributed by atoms with van der Waals surface area (Å²) in [5.74, 6) is 0.344. The minimum atomic E-state index is -0.149. The summed E-state index contributed by atoms with van der Waals surface area (Å²) in [6.07, 6.45) is 0. The number of carbonyl (C=O) groups excluding carboxylic acids is 1. The van der Waals surface area contributed by atoms with Crippen LogP contribution in [0.25, 0.3) is 0 Å². The highest BCUT2D eigenvalue weighted by Gasteiger charge is 2.11. The first kappa shape index (κ1) is 13.3. The van der Waals surface area contributed by atoms with Crippen LogP contribution < -0.4 is 15.8 Å². The molecule has 0 spiro atoms. The smallest absolute Gasteiger partial charge is 0.255 e. The lowest BCUT2D eigenvalue weighted by Gasteiger charge is -2.12. The quantitative estimate of drug-likeness (QED) is 0.735. The Kier molecular flexibility index (Phi) is 4.78. The van der Waals surface area contributed by atoms with Gasteiger partial charge in [-0.05, 0) is 26.2 Å². The molecule has 3 N–H and O–H groups in total. The summed E-state index contributed by atoms with van der Waals surface area (Å²) in [6.45, 7) is 1.39. The van der Waals surface area contributed by atoms with Gasteiger partial charge in [0.05, 0.1) is 12.7 Å². The fraction of sp³-hybridized carbons (Fsp3) is 0.417. The lowest BCUT2D eigenvalue weighted by Crippen LogP contribution is -2.31. The maximum Gasteiger partial charge on any atom is 0.255 e. The van der Waals surface area contributed by atoms with Crippen molar-refractivity contribution < 1.29 is 9.53 Å². The Hall–Kier alpha value is -1.75. The summed E-state index contributed by atoms with van der Waals surface area (Å²) in [5.41, 5.74) is 6.70. The number of nitrogens with one attached hydrogen (secondary N) is 1. The van der Waals surface area contributed by atoms with Gasteiger partial charge < -0.3 is 20.7 Å². The highest BCUT2D eigenvalue weighted by atomic mass is 16.5. The molecule has 0 aliphatic heterocycles. The van der Waals surface area contributed by atoms with Crippen LogP contribution in [-0.4, -0.2) is 45.1 Å². The zero-order valence-electron chi connectivity index (χ0n) is 10.5. The summed E-state index contributed by atoms with van der Waals surface area (Å²) in [5, 5.41) is 2.82. The van der Waals surface area contributed by atoms with Crippen LogP contribution in [0.15, 0.2) is 18.2 Å². The van der Waals surface area contributed by atoms with Crippen LogP contribution in [-0.2, 0) is 0 Å². The molecule has 0 atom stereocenters. The second-order valence-electron chi connectivity index (χ2n) is 4.02. The predicted molar refractivity (Wildman–Crippen MR) is 68.3 cm³/mol. The average molecular weight is 237 g/mol. The highest BCUT2D eigenvalue weighted by molar-refractivity contribution is 5.97. The molecule has 0 bridgehead atoms. The van der Waals surface area contributed by atoms with Crippen LogP contribution >= 0.6 is 0 Å². The number of ether oxygens (including phenoxy) is 1. The molecule has 1 rings (SSSR count). The Balaban J connectivity index is 2.68. The summed E-state index contributed by atoms with van der Waals surface area (Å²) in [7, 11) is 5.43. The number of nitrogens with two attached hydrogens (primary N) is 1. The van der Waals surface area contributed by atoms with Gasteiger partial charge in [-0.2, -0.15) is 0 Å². The molecule has 0 saturated carbocycles. The van der Waals surface area contributed by atoms with Gasteiger partial charge in [0, 0.05) is 24.8 Å². The van der Waals surface area contributed by atoms with E-state index in [9.17, 15) is 4.79 Å². The van der Waals surface area contributed by atoms with E-state index in [1.54, 1.807) is 18.2 Å². The Morgan fingerprint density at radius 2 is 2.18 bits per heavy atom. The Morgan fingerprint density at radius 1 is 1.47 bits per heavy atom. The number of anilines is 1. The van der Waals surface area contributed by atoms with Crippen molar-refractivity contribution >= 4 is 11.6 Å². The van der Waals surface area contributed by atoms with Crippen LogP contribution in [0.1, 0.15) is 10.4 Å². The molecule has 0 heterocycles. The number of hydrogen-bond acceptors (Lipinski definition) is 4. The van der Waals surface area contributed by atoms with E-state index in [-0.39, 0.29) is 5.91 Å². The summed E-state index contributed by atoms with van der Waals surface area (Å²) < 4.78 is 5.12. The van der Waals surface area contributed by atoms with Crippen LogP contribution in [0.2, 0.25) is 0 Å². The van der Waals surface area contributed by atoms with E-state index < -0.39 is 0 Å². The topological polar surface area (TPSA) is 67.6 Å². The minimum Gasteiger partial charge on any atom is -0.496 e. The molecular weight excluding hydrogens is 218 g/mol. The van der Waals surface area contributed by atoms with Crippen molar-refractivity contribution in [2.24, 2.45) is 0 Å². The first-order valence-electron chi connectivity index (χ1n) is 5.41. The average Bonchev–Trinajstić information content (AvgIpc) is 2.28. The molecule has 94 valence electrons. The van der Waals surface area contributed by atoms with Gasteiger partial charge in [0.1, 0.15) is 5.75 Å². The van der Waals surface area contributed by atoms with E-state index in [0.29, 0.717) is 23.5 Å². The molecule has 0 saturated heterocycles. The third-order valence-electron chi connectivity index (χ3n) is 2.31. The van der Waals surface area contributed by atoms with E-state index in [1.165, 1.54) is 7.11 Å². The summed E-state index contributed by atoms with van der Waals surface area (Å²) >= 11 is 0. The molecule has 0 aliphatic rings. The number of hydrogen-bond donors (Lipinski definition) is 2. The normalized spacial score (nSPS) is 10.4. The molecule has 1 amide bonds. The maximum absolute atomic E-state index is 11.9. The van der Waals surface area contributed by atoms with E-state index in [4.69, 9.17) is 10.5 Å². The van der Waals surface area contributed by atoms with Crippen LogP contribution in [0, 0.1) is 0 Å². The van der Waals surface area contributed by atoms with Gasteiger partial charge in [-0.3, -0.25) is 4.79 Å². The molecule has 1 aromatic rings. The number of amides is 1. The van der Waals surface area contributed by atoms with E-state index in [2.05, 4.69) is 5.32 Å². The second kappa shape index (κ2) is 6.10. The number of nitrogen functional groups attached to an aromatic ring is 1. The number of benzene rings is 1. The first-order valence-corrected chi connectivity index (χ1v) is 5.41. The third kappa shape index (κ3) is 3.96. The van der Waals surface area contributed by atoms with Crippen molar-refractivity contribution in [3.05, 3.63) is 23.8 Å². The Bertz CT molecular complexity index is 391. The number of likely N-dealkylation sites (N-methyl/N-ethyl adjacent to an activating group) is 1. The number of rotatable bonds is 5. The minimum absolute atomic E-state index is 0.149. The van der Waals surface area contributed by atoms with E-state index >= 15 is 0 Å². The van der Waals surface area contributed by atoms with Gasteiger partial charge in [-0.1, -0.05) is 0 Å². The van der Waals surface area contributed by atoms with Crippen molar-refractivity contribution in [2.45, 2.75) is 0 Å². The molecule has 0 fully saturated rings. The molecule has 5 nitrogen and oxygen atoms in total. The van der Waals surface area contributed by atoms with Crippen molar-refractivity contribution in [1.82, 2.24) is 10.2 Å². The van der Waals surface area contributed by atoms with Gasteiger partial charge in [-0.15, -0.1) is 0 Å². The SMILES string of the molecule is COc1cc(N)ccc1C(=O)NCCN(C)C. The van der Waals surface area contributed by atoms with Gasteiger partial charge >= 0.3 is 0 Å². The molecular formula is C12H19N3O2. The monoisotopic (exact) mass is 237 g/mol. The molecule has 0 unspecified atom stereocenters. The van der Waals surface area contributed by atoms with Crippen LogP contribution in [0.3, 0.4) is 0 Å². The fourth-order valence-electron chi connectivity index (χ4n) is 1.38. The standard InChI is InChI=1S/C12H19N3O2/c1-15(2)7-6-14-12(16)10-5-4-9(13)8-11(10)17-3/h4-5,8H,6-7,13H2,1-3H3,(H,14,16). The number of nitrogens with zero attached hydrogens (tertiary/aromatic N) is 1. The van der Waals surface area contributed by atoms with E-state index in [1.807, 2.05) is 19.0 Å². The number of methoxy groups -OCH3 is 1. The lowest BCUT2D eigenvalue weighted by atomic mass is 10.1. The highest BCUT2D eigenvalue weighted by Crippen LogP contribution is 2.21. The molecule has 1 aromatic carbocycles. The number of carbonyl (C=O) groups is 1. The Morgan fingerprint density at radius 3 is 2.76 bits per heavy atom. The van der Waals surface area contributed by atoms with Crippen molar-refractivity contribution in [2.75, 3.05) is 40.0 Å². The van der Waals surface area contributed by atoms with Gasteiger partial charge in [0.2, 0.25) is 0 Å².